The third-order valence-corrected chi connectivity index (χ3v) is 5.84. The van der Waals surface area contributed by atoms with E-state index in [0.29, 0.717) is 22.9 Å². The zero-order valence-corrected chi connectivity index (χ0v) is 19.5. The number of H-pyrrole nitrogens is 2. The van der Waals surface area contributed by atoms with Crippen LogP contribution >= 0.6 is 0 Å². The van der Waals surface area contributed by atoms with Crippen molar-refractivity contribution >= 4 is 33.7 Å². The number of amides is 1. The number of aromatic nitrogens is 8. The molecule has 10 nitrogen and oxygen atoms in total. The lowest BCUT2D eigenvalue weighted by molar-refractivity contribution is -0.118. The molecule has 0 spiro atoms. The second-order valence-electron chi connectivity index (χ2n) is 8.68. The first-order valence-electron chi connectivity index (χ1n) is 11.4. The van der Waals surface area contributed by atoms with Crippen molar-refractivity contribution in [1.29, 1.82) is 0 Å². The Bertz CT molecular complexity index is 1720. The molecule has 6 rings (SSSR count). The van der Waals surface area contributed by atoms with Crippen molar-refractivity contribution in [2.75, 3.05) is 5.32 Å². The maximum absolute atomic E-state index is 12.1. The Balaban J connectivity index is 1.41. The number of imidazole rings is 1. The van der Waals surface area contributed by atoms with Crippen molar-refractivity contribution in [3.63, 3.8) is 0 Å². The average Bonchev–Trinajstić information content (AvgIpc) is 3.53. The summed E-state index contributed by atoms with van der Waals surface area (Å²) in [5, 5.41) is 11.2. The van der Waals surface area contributed by atoms with Gasteiger partial charge in [-0.05, 0) is 24.3 Å². The normalized spacial score (nSPS) is 11.4. The topological polar surface area (TPSA) is 138 Å². The van der Waals surface area contributed by atoms with Gasteiger partial charge in [-0.15, -0.1) is 0 Å². The van der Waals surface area contributed by atoms with E-state index in [0.717, 1.165) is 38.8 Å². The molecule has 10 heteroatoms. The van der Waals surface area contributed by atoms with Gasteiger partial charge in [-0.2, -0.15) is 5.10 Å². The summed E-state index contributed by atoms with van der Waals surface area (Å²) >= 11 is 0. The molecule has 0 saturated heterocycles. The van der Waals surface area contributed by atoms with Crippen LogP contribution in [0.25, 0.3) is 56.0 Å². The summed E-state index contributed by atoms with van der Waals surface area (Å²) in [6.45, 7) is 3.69. The smallest absolute Gasteiger partial charge is 0.226 e. The van der Waals surface area contributed by atoms with Gasteiger partial charge in [0.2, 0.25) is 5.91 Å². The Labute approximate surface area is 205 Å². The highest BCUT2D eigenvalue weighted by molar-refractivity contribution is 5.97. The van der Waals surface area contributed by atoms with E-state index in [9.17, 15) is 4.79 Å². The molecule has 0 aromatic carbocycles. The van der Waals surface area contributed by atoms with Gasteiger partial charge in [0.05, 0.1) is 34.7 Å². The summed E-state index contributed by atoms with van der Waals surface area (Å²) in [4.78, 5) is 37.9. The molecule has 0 aliphatic rings. The van der Waals surface area contributed by atoms with E-state index in [1.165, 1.54) is 0 Å². The number of aromatic amines is 2. The van der Waals surface area contributed by atoms with Gasteiger partial charge >= 0.3 is 0 Å². The molecule has 1 amide bonds. The summed E-state index contributed by atoms with van der Waals surface area (Å²) in [5.41, 5.74) is 6.74. The highest BCUT2D eigenvalue weighted by atomic mass is 16.1. The molecule has 0 bridgehead atoms. The Kier molecular flexibility index (Phi) is 5.18. The van der Waals surface area contributed by atoms with Crippen LogP contribution in [0.1, 0.15) is 13.8 Å². The number of hydrogen-bond donors (Lipinski definition) is 3. The minimum Gasteiger partial charge on any atom is -0.335 e. The number of carbonyl (C=O) groups is 1. The van der Waals surface area contributed by atoms with E-state index in [-0.39, 0.29) is 11.8 Å². The maximum Gasteiger partial charge on any atom is 0.226 e. The lowest BCUT2D eigenvalue weighted by Crippen LogP contribution is -2.17. The van der Waals surface area contributed by atoms with Gasteiger partial charge in [0, 0.05) is 47.4 Å². The number of anilines is 1. The Morgan fingerprint density at radius 2 is 1.83 bits per heavy atom. The number of nitrogens with zero attached hydrogens (tertiary/aromatic N) is 6. The number of fused-ring (bicyclic) bond motifs is 2. The molecular weight excluding hydrogens is 454 g/mol. The number of hydrogen-bond acceptors (Lipinski definition) is 7. The highest BCUT2D eigenvalue weighted by Crippen LogP contribution is 2.31. The van der Waals surface area contributed by atoms with Crippen molar-refractivity contribution in [3.05, 3.63) is 67.5 Å². The van der Waals surface area contributed by atoms with Crippen LogP contribution in [-0.4, -0.2) is 46.0 Å². The minimum absolute atomic E-state index is 0.0657. The molecule has 0 fully saturated rings. The van der Waals surface area contributed by atoms with Crippen LogP contribution in [0.3, 0.4) is 0 Å². The molecule has 0 saturated carbocycles. The molecular formula is C26H21N9O. The lowest BCUT2D eigenvalue weighted by Gasteiger charge is -2.09. The fourth-order valence-corrected chi connectivity index (χ4v) is 3.95. The maximum atomic E-state index is 12.1. The second kappa shape index (κ2) is 8.66. The van der Waals surface area contributed by atoms with Crippen LogP contribution in [0, 0.1) is 5.92 Å². The molecule has 0 aliphatic heterocycles. The van der Waals surface area contributed by atoms with Gasteiger partial charge in [0.1, 0.15) is 11.2 Å². The van der Waals surface area contributed by atoms with Crippen molar-refractivity contribution in [2.24, 2.45) is 5.92 Å². The van der Waals surface area contributed by atoms with Crippen LogP contribution in [0.4, 0.5) is 5.69 Å². The average molecular weight is 476 g/mol. The lowest BCUT2D eigenvalue weighted by atomic mass is 10.1. The first-order valence-corrected chi connectivity index (χ1v) is 11.4. The molecule has 6 heterocycles. The third-order valence-electron chi connectivity index (χ3n) is 5.84. The number of rotatable bonds is 5. The van der Waals surface area contributed by atoms with E-state index < -0.39 is 0 Å². The van der Waals surface area contributed by atoms with E-state index in [4.69, 9.17) is 4.98 Å². The molecule has 6 aromatic heterocycles. The predicted molar refractivity (Wildman–Crippen MR) is 137 cm³/mol. The van der Waals surface area contributed by atoms with Gasteiger partial charge in [0.25, 0.3) is 0 Å². The molecule has 36 heavy (non-hydrogen) atoms. The summed E-state index contributed by atoms with van der Waals surface area (Å²) in [6, 6.07) is 9.59. The second-order valence-corrected chi connectivity index (χ2v) is 8.68. The monoisotopic (exact) mass is 475 g/mol. The molecule has 0 radical (unpaired) electrons. The van der Waals surface area contributed by atoms with Gasteiger partial charge < -0.3 is 10.3 Å². The molecule has 0 unspecified atom stereocenters. The van der Waals surface area contributed by atoms with Gasteiger partial charge in [0.15, 0.2) is 11.5 Å². The van der Waals surface area contributed by atoms with E-state index in [1.807, 2.05) is 44.2 Å². The first kappa shape index (κ1) is 21.5. The standard InChI is InChI=1S/C26H21N9O/c1-14(2)26(36)31-17-7-15(9-27-11-17)16-8-18-23(34-35-24(18)30-10-16)25-32-21-13-28-12-19(22(21)33-25)20-5-3-4-6-29-20/h3-14H,1-2H3,(H,31,36)(H,32,33)(H,30,34,35). The van der Waals surface area contributed by atoms with E-state index >= 15 is 0 Å². The Morgan fingerprint density at radius 3 is 2.67 bits per heavy atom. The summed E-state index contributed by atoms with van der Waals surface area (Å²) in [5.74, 6) is 0.401. The minimum atomic E-state index is -0.127. The van der Waals surface area contributed by atoms with Gasteiger partial charge in [-0.1, -0.05) is 19.9 Å². The SMILES string of the molecule is CC(C)C(=O)Nc1cncc(-c2cnc3[nH]nc(-c4nc5c(-c6ccccn6)cncc5[nH]4)c3c2)c1. The first-order chi connectivity index (χ1) is 17.6. The Hall–Kier alpha value is -4.99. The molecule has 3 N–H and O–H groups in total. The largest absolute Gasteiger partial charge is 0.335 e. The number of carbonyl (C=O) groups excluding carboxylic acids is 1. The van der Waals surface area contributed by atoms with Crippen LogP contribution in [-0.2, 0) is 4.79 Å². The zero-order chi connectivity index (χ0) is 24.6. The zero-order valence-electron chi connectivity index (χ0n) is 19.5. The molecule has 0 atom stereocenters. The van der Waals surface area contributed by atoms with Gasteiger partial charge in [-0.3, -0.25) is 24.8 Å². The molecule has 0 aliphatic carbocycles. The van der Waals surface area contributed by atoms with E-state index in [1.54, 1.807) is 37.2 Å². The van der Waals surface area contributed by atoms with Crippen molar-refractivity contribution in [1.82, 2.24) is 40.1 Å². The molecule has 176 valence electrons. The highest BCUT2D eigenvalue weighted by Gasteiger charge is 2.17. The van der Waals surface area contributed by atoms with E-state index in [2.05, 4.69) is 40.4 Å². The number of pyridine rings is 4. The predicted octanol–water partition coefficient (Wildman–Crippen LogP) is 4.61. The summed E-state index contributed by atoms with van der Waals surface area (Å²) in [6.07, 6.45) is 10.3. The van der Waals surface area contributed by atoms with Crippen LogP contribution < -0.4 is 5.32 Å². The number of nitrogens with one attached hydrogen (secondary N) is 3. The Morgan fingerprint density at radius 1 is 0.972 bits per heavy atom. The quantitative estimate of drug-likeness (QED) is 0.331. The fourth-order valence-electron chi connectivity index (χ4n) is 3.95. The van der Waals surface area contributed by atoms with Gasteiger partial charge in [-0.25, -0.2) is 9.97 Å². The van der Waals surface area contributed by atoms with Crippen LogP contribution in [0.2, 0.25) is 0 Å². The summed E-state index contributed by atoms with van der Waals surface area (Å²) in [7, 11) is 0. The van der Waals surface area contributed by atoms with Crippen molar-refractivity contribution < 1.29 is 4.79 Å². The van der Waals surface area contributed by atoms with Crippen molar-refractivity contribution in [3.8, 4) is 33.9 Å². The third kappa shape index (κ3) is 3.84. The fraction of sp³-hybridized carbons (Fsp3) is 0.115. The summed E-state index contributed by atoms with van der Waals surface area (Å²) < 4.78 is 0. The van der Waals surface area contributed by atoms with Crippen LogP contribution in [0.15, 0.2) is 67.5 Å². The molecule has 6 aromatic rings. The van der Waals surface area contributed by atoms with Crippen LogP contribution in [0.5, 0.6) is 0 Å². The van der Waals surface area contributed by atoms with Crippen molar-refractivity contribution in [2.45, 2.75) is 13.8 Å².